The maximum absolute atomic E-state index is 12.5. The largest absolute Gasteiger partial charge is 0.446 e. The fourth-order valence-electron chi connectivity index (χ4n) is 4.11. The molecule has 0 radical (unpaired) electrons. The average molecular weight is 490 g/mol. The monoisotopic (exact) mass is 489 g/mol. The van der Waals surface area contributed by atoms with E-state index in [0.29, 0.717) is 11.1 Å². The Bertz CT molecular complexity index is 1450. The second-order valence-corrected chi connectivity index (χ2v) is 10.6. The number of hydrogen-bond acceptors (Lipinski definition) is 4. The molecule has 0 bridgehead atoms. The molecule has 5 rings (SSSR count). The highest BCUT2D eigenvalue weighted by Gasteiger charge is 2.41. The van der Waals surface area contributed by atoms with Gasteiger partial charge in [-0.3, -0.25) is 0 Å². The van der Waals surface area contributed by atoms with E-state index in [0.717, 1.165) is 28.8 Å². The number of H-pyrrole nitrogens is 1. The van der Waals surface area contributed by atoms with Gasteiger partial charge in [0.2, 0.25) is 10.0 Å². The Morgan fingerprint density at radius 1 is 1.00 bits per heavy atom. The lowest BCUT2D eigenvalue weighted by Gasteiger charge is -2.07. The molecule has 2 atom stereocenters. The molecule has 1 heterocycles. The first-order valence-electron chi connectivity index (χ1n) is 10.1. The van der Waals surface area contributed by atoms with Crippen LogP contribution in [0.1, 0.15) is 29.6 Å². The van der Waals surface area contributed by atoms with Crippen molar-refractivity contribution in [2.24, 2.45) is 5.14 Å². The minimum Gasteiger partial charge on any atom is -0.342 e. The number of alkyl halides is 3. The highest BCUT2D eigenvalue weighted by atomic mass is 32.2. The number of benzene rings is 3. The van der Waals surface area contributed by atoms with Crippen molar-refractivity contribution in [1.82, 2.24) is 9.97 Å². The SMILES string of the molecule is NS(=O)(=O)c1ccccc1-c1ccc2nc(C3CC3c3ccc(SC(F)(F)F)cc3)[nH]c2c1. The van der Waals surface area contributed by atoms with Crippen LogP contribution in [0.5, 0.6) is 0 Å². The van der Waals surface area contributed by atoms with Gasteiger partial charge in [-0.2, -0.15) is 13.2 Å². The van der Waals surface area contributed by atoms with Crippen LogP contribution in [-0.2, 0) is 10.0 Å². The normalized spacial score (nSPS) is 18.5. The lowest BCUT2D eigenvalue weighted by molar-refractivity contribution is -0.0328. The van der Waals surface area contributed by atoms with Gasteiger partial charge >= 0.3 is 5.51 Å². The quantitative estimate of drug-likeness (QED) is 0.349. The van der Waals surface area contributed by atoms with Crippen molar-refractivity contribution in [3.05, 3.63) is 78.1 Å². The Hall–Kier alpha value is -2.82. The number of fused-ring (bicyclic) bond motifs is 1. The zero-order valence-electron chi connectivity index (χ0n) is 17.0. The van der Waals surface area contributed by atoms with Gasteiger partial charge in [0.1, 0.15) is 5.82 Å². The van der Waals surface area contributed by atoms with Crippen LogP contribution in [0, 0.1) is 0 Å². The van der Waals surface area contributed by atoms with Crippen LogP contribution in [0.25, 0.3) is 22.2 Å². The third-order valence-electron chi connectivity index (χ3n) is 5.69. The molecular weight excluding hydrogens is 471 g/mol. The molecule has 33 heavy (non-hydrogen) atoms. The Morgan fingerprint density at radius 3 is 2.42 bits per heavy atom. The molecule has 3 aromatic carbocycles. The minimum atomic E-state index is -4.30. The number of aromatic nitrogens is 2. The molecule has 2 unspecified atom stereocenters. The number of nitrogens with zero attached hydrogens (tertiary/aromatic N) is 1. The summed E-state index contributed by atoms with van der Waals surface area (Å²) in [5, 5.41) is 5.36. The van der Waals surface area contributed by atoms with Crippen molar-refractivity contribution >= 4 is 32.8 Å². The molecule has 0 saturated heterocycles. The molecule has 1 fully saturated rings. The maximum Gasteiger partial charge on any atom is 0.446 e. The summed E-state index contributed by atoms with van der Waals surface area (Å²) in [6.07, 6.45) is 0.854. The number of thioether (sulfide) groups is 1. The van der Waals surface area contributed by atoms with Gasteiger partial charge < -0.3 is 4.98 Å². The minimum absolute atomic E-state index is 0.0541. The molecule has 170 valence electrons. The van der Waals surface area contributed by atoms with Crippen molar-refractivity contribution < 1.29 is 21.6 Å². The third kappa shape index (κ3) is 4.64. The van der Waals surface area contributed by atoms with E-state index in [-0.39, 0.29) is 33.4 Å². The van der Waals surface area contributed by atoms with Crippen LogP contribution < -0.4 is 5.14 Å². The van der Waals surface area contributed by atoms with Crippen molar-refractivity contribution in [2.45, 2.75) is 33.6 Å². The third-order valence-corrected chi connectivity index (χ3v) is 7.40. The molecule has 3 N–H and O–H groups in total. The van der Waals surface area contributed by atoms with E-state index in [2.05, 4.69) is 9.97 Å². The number of hydrogen-bond donors (Lipinski definition) is 2. The lowest BCUT2D eigenvalue weighted by Crippen LogP contribution is -2.13. The summed E-state index contributed by atoms with van der Waals surface area (Å²) >= 11 is -0.120. The van der Waals surface area contributed by atoms with Gasteiger partial charge in [-0.15, -0.1) is 0 Å². The van der Waals surface area contributed by atoms with E-state index in [9.17, 15) is 21.6 Å². The van der Waals surface area contributed by atoms with Gasteiger partial charge in [0, 0.05) is 16.4 Å². The van der Waals surface area contributed by atoms with Crippen LogP contribution in [0.4, 0.5) is 13.2 Å². The summed E-state index contributed by atoms with van der Waals surface area (Å²) in [7, 11) is -3.87. The number of nitrogens with two attached hydrogens (primary N) is 1. The predicted octanol–water partition coefficient (Wildman–Crippen LogP) is 5.76. The Labute approximate surface area is 192 Å². The van der Waals surface area contributed by atoms with Crippen molar-refractivity contribution in [1.29, 1.82) is 0 Å². The Kier molecular flexibility index (Phi) is 5.26. The van der Waals surface area contributed by atoms with E-state index >= 15 is 0 Å². The number of nitrogens with one attached hydrogen (secondary N) is 1. The van der Waals surface area contributed by atoms with Gasteiger partial charge in [0.25, 0.3) is 0 Å². The molecule has 10 heteroatoms. The molecule has 0 amide bonds. The van der Waals surface area contributed by atoms with Gasteiger partial charge in [-0.1, -0.05) is 36.4 Å². The van der Waals surface area contributed by atoms with E-state index in [4.69, 9.17) is 5.14 Å². The van der Waals surface area contributed by atoms with Crippen LogP contribution >= 0.6 is 11.8 Å². The number of halogens is 3. The van der Waals surface area contributed by atoms with E-state index in [1.807, 2.05) is 12.1 Å². The first kappa shape index (κ1) is 22.0. The molecule has 1 aliphatic rings. The van der Waals surface area contributed by atoms with Crippen LogP contribution in [-0.4, -0.2) is 23.9 Å². The number of sulfonamides is 1. The Balaban J connectivity index is 1.39. The summed E-state index contributed by atoms with van der Waals surface area (Å²) in [5.41, 5.74) is -0.578. The lowest BCUT2D eigenvalue weighted by atomic mass is 10.1. The van der Waals surface area contributed by atoms with Gasteiger partial charge in [-0.05, 0) is 65.6 Å². The smallest absolute Gasteiger partial charge is 0.342 e. The molecule has 4 aromatic rings. The molecule has 1 aromatic heterocycles. The number of imidazole rings is 1. The van der Waals surface area contributed by atoms with Crippen LogP contribution in [0.15, 0.2) is 76.5 Å². The van der Waals surface area contributed by atoms with E-state index in [1.165, 1.54) is 18.2 Å². The summed E-state index contributed by atoms with van der Waals surface area (Å²) in [5.74, 6) is 1.15. The van der Waals surface area contributed by atoms with Gasteiger partial charge in [0.15, 0.2) is 0 Å². The van der Waals surface area contributed by atoms with Crippen molar-refractivity contribution in [3.63, 3.8) is 0 Å². The standard InChI is InChI=1S/C23H18F3N3O2S2/c24-23(25,26)32-15-8-5-13(6-9-15)17-12-18(17)22-28-19-10-7-14(11-20(19)29-22)16-3-1-2-4-21(16)33(27,30)31/h1-11,17-18H,12H2,(H,28,29)(H2,27,30,31). The predicted molar refractivity (Wildman–Crippen MR) is 121 cm³/mol. The van der Waals surface area contributed by atoms with Crippen molar-refractivity contribution in [3.8, 4) is 11.1 Å². The fraction of sp³-hybridized carbons (Fsp3) is 0.174. The fourth-order valence-corrected chi connectivity index (χ4v) is 5.41. The topological polar surface area (TPSA) is 88.8 Å². The summed E-state index contributed by atoms with van der Waals surface area (Å²) < 4.78 is 61.5. The number of primary sulfonamides is 1. The average Bonchev–Trinajstić information content (AvgIpc) is 3.43. The second kappa shape index (κ2) is 7.89. The Morgan fingerprint density at radius 2 is 1.73 bits per heavy atom. The highest BCUT2D eigenvalue weighted by molar-refractivity contribution is 8.00. The van der Waals surface area contributed by atoms with Crippen LogP contribution in [0.3, 0.4) is 0 Å². The molecule has 0 spiro atoms. The van der Waals surface area contributed by atoms with Crippen LogP contribution in [0.2, 0.25) is 0 Å². The summed E-state index contributed by atoms with van der Waals surface area (Å²) in [4.78, 5) is 8.21. The van der Waals surface area contributed by atoms with Gasteiger partial charge in [0.05, 0.1) is 15.9 Å². The molecule has 1 aliphatic carbocycles. The second-order valence-electron chi connectivity index (χ2n) is 7.96. The summed E-state index contributed by atoms with van der Waals surface area (Å²) in [6, 6.07) is 18.5. The van der Waals surface area contributed by atoms with E-state index < -0.39 is 15.5 Å². The molecule has 0 aliphatic heterocycles. The van der Waals surface area contributed by atoms with Gasteiger partial charge in [-0.25, -0.2) is 18.5 Å². The van der Waals surface area contributed by atoms with E-state index in [1.54, 1.807) is 36.4 Å². The molecular formula is C23H18F3N3O2S2. The number of aromatic amines is 1. The molecule has 1 saturated carbocycles. The molecule has 5 nitrogen and oxygen atoms in total. The zero-order chi connectivity index (χ0) is 23.4. The van der Waals surface area contributed by atoms with Crippen molar-refractivity contribution in [2.75, 3.05) is 0 Å². The first-order valence-corrected chi connectivity index (χ1v) is 12.4. The zero-order valence-corrected chi connectivity index (χ0v) is 18.6. The first-order chi connectivity index (χ1) is 15.6. The summed E-state index contributed by atoms with van der Waals surface area (Å²) in [6.45, 7) is 0. The maximum atomic E-state index is 12.5. The highest BCUT2D eigenvalue weighted by Crippen LogP contribution is 2.54. The number of rotatable bonds is 5.